The van der Waals surface area contributed by atoms with Gasteiger partial charge in [0.1, 0.15) is 0 Å². The van der Waals surface area contributed by atoms with Crippen LogP contribution in [0.5, 0.6) is 0 Å². The maximum Gasteiger partial charge on any atom is 0.317 e. The number of nitrogens with zero attached hydrogens (tertiary/aromatic N) is 3. The lowest BCUT2D eigenvalue weighted by atomic mass is 10.1. The van der Waals surface area contributed by atoms with Crippen molar-refractivity contribution in [2.24, 2.45) is 0 Å². The van der Waals surface area contributed by atoms with Crippen LogP contribution in [0.2, 0.25) is 5.02 Å². The van der Waals surface area contributed by atoms with Crippen molar-refractivity contribution in [1.82, 2.24) is 20.4 Å². The smallest absolute Gasteiger partial charge is 0.317 e. The number of hydrogen-bond donors (Lipinski definition) is 1. The van der Waals surface area contributed by atoms with Crippen molar-refractivity contribution in [3.63, 3.8) is 0 Å². The van der Waals surface area contributed by atoms with E-state index in [1.807, 2.05) is 42.5 Å². The third-order valence-corrected chi connectivity index (χ3v) is 4.36. The Kier molecular flexibility index (Phi) is 6.44. The van der Waals surface area contributed by atoms with Crippen LogP contribution in [-0.2, 0) is 12.8 Å². The molecule has 1 heterocycles. The maximum absolute atomic E-state index is 12.2. The van der Waals surface area contributed by atoms with Crippen molar-refractivity contribution >= 4 is 17.6 Å². The van der Waals surface area contributed by atoms with Crippen LogP contribution < -0.4 is 5.32 Å². The summed E-state index contributed by atoms with van der Waals surface area (Å²) in [6.07, 6.45) is 1.31. The van der Waals surface area contributed by atoms with Crippen molar-refractivity contribution in [3.8, 4) is 11.5 Å². The van der Waals surface area contributed by atoms with E-state index in [9.17, 15) is 4.79 Å². The van der Waals surface area contributed by atoms with Crippen molar-refractivity contribution in [2.75, 3.05) is 20.1 Å². The molecule has 1 aromatic heterocycles. The number of benzene rings is 2. The highest BCUT2D eigenvalue weighted by molar-refractivity contribution is 6.30. The van der Waals surface area contributed by atoms with Gasteiger partial charge in [0.25, 0.3) is 5.89 Å². The van der Waals surface area contributed by atoms with Gasteiger partial charge in [-0.2, -0.15) is 4.98 Å². The standard InChI is InChI=1S/C20H21ClN4O2/c1-25(20(26)22-13-11-15-5-3-2-4-6-15)14-12-18-23-19(27-24-18)16-7-9-17(21)10-8-16/h2-10H,11-14H2,1H3,(H,22,26). The zero-order valence-electron chi connectivity index (χ0n) is 15.1. The molecule has 0 fully saturated rings. The van der Waals surface area contributed by atoms with Gasteiger partial charge in [-0.05, 0) is 36.2 Å². The fourth-order valence-corrected chi connectivity index (χ4v) is 2.65. The number of hydrogen-bond acceptors (Lipinski definition) is 4. The number of aromatic nitrogens is 2. The molecule has 3 aromatic rings. The van der Waals surface area contributed by atoms with E-state index in [2.05, 4.69) is 15.5 Å². The van der Waals surface area contributed by atoms with Crippen LogP contribution in [0.25, 0.3) is 11.5 Å². The van der Waals surface area contributed by atoms with Gasteiger partial charge < -0.3 is 14.7 Å². The van der Waals surface area contributed by atoms with Crippen LogP contribution in [0, 0.1) is 0 Å². The third kappa shape index (κ3) is 5.56. The van der Waals surface area contributed by atoms with Crippen LogP contribution in [-0.4, -0.2) is 41.2 Å². The summed E-state index contributed by atoms with van der Waals surface area (Å²) in [6.45, 7) is 1.09. The second-order valence-electron chi connectivity index (χ2n) is 6.16. The van der Waals surface area contributed by atoms with Crippen molar-refractivity contribution < 1.29 is 9.32 Å². The summed E-state index contributed by atoms with van der Waals surface area (Å²) in [4.78, 5) is 18.1. The average molecular weight is 385 g/mol. The van der Waals surface area contributed by atoms with Gasteiger partial charge in [0, 0.05) is 37.1 Å². The van der Waals surface area contributed by atoms with Gasteiger partial charge in [0.05, 0.1) is 0 Å². The van der Waals surface area contributed by atoms with Gasteiger partial charge in [0.15, 0.2) is 5.82 Å². The molecule has 7 heteroatoms. The molecule has 3 rings (SSSR count). The summed E-state index contributed by atoms with van der Waals surface area (Å²) >= 11 is 5.88. The number of carbonyl (C=O) groups excluding carboxylic acids is 1. The van der Waals surface area contributed by atoms with Crippen LogP contribution in [0.1, 0.15) is 11.4 Å². The second kappa shape index (κ2) is 9.19. The molecule has 0 bridgehead atoms. The Labute approximate surface area is 163 Å². The lowest BCUT2D eigenvalue weighted by molar-refractivity contribution is 0.209. The largest absolute Gasteiger partial charge is 0.338 e. The van der Waals surface area contributed by atoms with E-state index in [1.165, 1.54) is 5.56 Å². The number of urea groups is 1. The monoisotopic (exact) mass is 384 g/mol. The number of nitrogens with one attached hydrogen (secondary N) is 1. The summed E-state index contributed by atoms with van der Waals surface area (Å²) < 4.78 is 5.27. The molecule has 1 N–H and O–H groups in total. The molecule has 0 aliphatic heterocycles. The van der Waals surface area contributed by atoms with Gasteiger partial charge in [-0.25, -0.2) is 4.79 Å². The zero-order valence-corrected chi connectivity index (χ0v) is 15.8. The predicted octanol–water partition coefficient (Wildman–Crippen LogP) is 3.82. The Balaban J connectivity index is 1.44. The number of amides is 2. The van der Waals surface area contributed by atoms with Crippen molar-refractivity contribution in [3.05, 3.63) is 71.0 Å². The minimum Gasteiger partial charge on any atom is -0.338 e. The highest BCUT2D eigenvalue weighted by Crippen LogP contribution is 2.19. The summed E-state index contributed by atoms with van der Waals surface area (Å²) in [5.41, 5.74) is 2.01. The topological polar surface area (TPSA) is 71.3 Å². The minimum absolute atomic E-state index is 0.118. The molecule has 0 radical (unpaired) electrons. The van der Waals surface area contributed by atoms with E-state index in [0.29, 0.717) is 36.2 Å². The molecule has 0 aliphatic rings. The van der Waals surface area contributed by atoms with E-state index < -0.39 is 0 Å². The van der Waals surface area contributed by atoms with Gasteiger partial charge in [-0.15, -0.1) is 0 Å². The Morgan fingerprint density at radius 3 is 2.59 bits per heavy atom. The summed E-state index contributed by atoms with van der Waals surface area (Å²) in [5.74, 6) is 1.00. The van der Waals surface area contributed by atoms with Crippen LogP contribution >= 0.6 is 11.6 Å². The molecule has 0 atom stereocenters. The first-order valence-electron chi connectivity index (χ1n) is 8.73. The maximum atomic E-state index is 12.2. The average Bonchev–Trinajstić information content (AvgIpc) is 3.16. The lowest BCUT2D eigenvalue weighted by Gasteiger charge is -2.17. The predicted molar refractivity (Wildman–Crippen MR) is 105 cm³/mol. The first-order chi connectivity index (χ1) is 13.1. The molecular formula is C20H21ClN4O2. The van der Waals surface area contributed by atoms with Gasteiger partial charge in [-0.1, -0.05) is 47.1 Å². The first kappa shape index (κ1) is 18.9. The first-order valence-corrected chi connectivity index (χ1v) is 9.11. The number of rotatable bonds is 7. The van der Waals surface area contributed by atoms with E-state index >= 15 is 0 Å². The third-order valence-electron chi connectivity index (χ3n) is 4.11. The Morgan fingerprint density at radius 2 is 1.85 bits per heavy atom. The number of carbonyl (C=O) groups is 1. The van der Waals surface area contributed by atoms with Gasteiger partial charge in [0.2, 0.25) is 0 Å². The van der Waals surface area contributed by atoms with Crippen LogP contribution in [0.15, 0.2) is 59.1 Å². The fraction of sp³-hybridized carbons (Fsp3) is 0.250. The Hall–Kier alpha value is -2.86. The molecule has 0 unspecified atom stereocenters. The molecule has 140 valence electrons. The fourth-order valence-electron chi connectivity index (χ4n) is 2.53. The van der Waals surface area contributed by atoms with Crippen molar-refractivity contribution in [2.45, 2.75) is 12.8 Å². The van der Waals surface area contributed by atoms with E-state index in [-0.39, 0.29) is 6.03 Å². The normalized spacial score (nSPS) is 10.6. The second-order valence-corrected chi connectivity index (χ2v) is 6.60. The van der Waals surface area contributed by atoms with Gasteiger partial charge >= 0.3 is 6.03 Å². The minimum atomic E-state index is -0.118. The molecule has 2 amide bonds. The molecule has 0 saturated heterocycles. The number of halogens is 1. The van der Waals surface area contributed by atoms with Gasteiger partial charge in [-0.3, -0.25) is 0 Å². The molecule has 6 nitrogen and oxygen atoms in total. The van der Waals surface area contributed by atoms with Crippen LogP contribution in [0.3, 0.4) is 0 Å². The zero-order chi connectivity index (χ0) is 19.1. The summed E-state index contributed by atoms with van der Waals surface area (Å²) in [5, 5.41) is 7.54. The molecular weight excluding hydrogens is 364 g/mol. The Morgan fingerprint density at radius 1 is 1.11 bits per heavy atom. The van der Waals surface area contributed by atoms with E-state index in [4.69, 9.17) is 16.1 Å². The molecule has 2 aromatic carbocycles. The van der Waals surface area contributed by atoms with E-state index in [0.717, 1.165) is 12.0 Å². The highest BCUT2D eigenvalue weighted by atomic mass is 35.5. The Bertz CT molecular complexity index is 865. The summed E-state index contributed by atoms with van der Waals surface area (Å²) in [7, 11) is 1.75. The molecule has 27 heavy (non-hydrogen) atoms. The summed E-state index contributed by atoms with van der Waals surface area (Å²) in [6, 6.07) is 17.1. The lowest BCUT2D eigenvalue weighted by Crippen LogP contribution is -2.39. The SMILES string of the molecule is CN(CCc1noc(-c2ccc(Cl)cc2)n1)C(=O)NCCc1ccccc1. The highest BCUT2D eigenvalue weighted by Gasteiger charge is 2.12. The van der Waals surface area contributed by atoms with E-state index in [1.54, 1.807) is 24.1 Å². The van der Waals surface area contributed by atoms with Crippen LogP contribution in [0.4, 0.5) is 4.79 Å². The molecule has 0 saturated carbocycles. The molecule has 0 spiro atoms. The van der Waals surface area contributed by atoms with Crippen molar-refractivity contribution in [1.29, 1.82) is 0 Å². The number of likely N-dealkylation sites (N-methyl/N-ethyl adjacent to an activating group) is 1. The quantitative estimate of drug-likeness (QED) is 0.672. The molecule has 0 aliphatic carbocycles.